The van der Waals surface area contributed by atoms with Gasteiger partial charge in [0.2, 0.25) is 5.91 Å². The summed E-state index contributed by atoms with van der Waals surface area (Å²) in [7, 11) is 1.51. The van der Waals surface area contributed by atoms with Crippen molar-refractivity contribution in [2.24, 2.45) is 5.73 Å². The fourth-order valence-electron chi connectivity index (χ4n) is 2.82. The number of nitrogens with one attached hydrogen (secondary N) is 1. The smallest absolute Gasteiger partial charge is 0.269 e. The summed E-state index contributed by atoms with van der Waals surface area (Å²) >= 11 is 0. The van der Waals surface area contributed by atoms with Gasteiger partial charge in [0, 0.05) is 24.7 Å². The Morgan fingerprint density at radius 3 is 2.62 bits per heavy atom. The van der Waals surface area contributed by atoms with E-state index in [-0.39, 0.29) is 29.8 Å². The molecule has 3 rings (SSSR count). The van der Waals surface area contributed by atoms with Crippen LogP contribution in [0.5, 0.6) is 0 Å². The highest BCUT2D eigenvalue weighted by Crippen LogP contribution is 2.43. The van der Waals surface area contributed by atoms with E-state index < -0.39 is 5.91 Å². The molecule has 1 aromatic heterocycles. The largest absolute Gasteiger partial charge is 0.366 e. The van der Waals surface area contributed by atoms with Gasteiger partial charge < -0.3 is 11.1 Å². The van der Waals surface area contributed by atoms with Gasteiger partial charge in [-0.1, -0.05) is 18.2 Å². The summed E-state index contributed by atoms with van der Waals surface area (Å²) in [5.41, 5.74) is 7.52. The summed E-state index contributed by atoms with van der Waals surface area (Å²) in [6.45, 7) is 0. The second kappa shape index (κ2) is 6.39. The minimum absolute atomic E-state index is 0.134. The Kier molecular flexibility index (Phi) is 4.29. The molecule has 0 saturated heterocycles. The number of carbonyl (C=O) groups excluding carboxylic acids is 2. The summed E-state index contributed by atoms with van der Waals surface area (Å²) < 4.78 is 13.9. The topological polar surface area (TPSA) is 85.1 Å². The number of hydrogen-bond donors (Lipinski definition) is 2. The molecule has 0 unspecified atom stereocenters. The molecule has 124 valence electrons. The summed E-state index contributed by atoms with van der Waals surface area (Å²) in [6, 6.07) is 7.92. The van der Waals surface area contributed by atoms with Gasteiger partial charge in [-0.25, -0.2) is 9.37 Å². The van der Waals surface area contributed by atoms with Crippen LogP contribution in [0.25, 0.3) is 0 Å². The fourth-order valence-corrected chi connectivity index (χ4v) is 2.82. The lowest BCUT2D eigenvalue weighted by atomic mass is 9.97. The monoisotopic (exact) mass is 327 g/mol. The third-order valence-corrected chi connectivity index (χ3v) is 4.13. The van der Waals surface area contributed by atoms with E-state index >= 15 is 0 Å². The minimum Gasteiger partial charge on any atom is -0.366 e. The number of rotatable bonds is 5. The van der Waals surface area contributed by atoms with Gasteiger partial charge in [0.25, 0.3) is 5.91 Å². The average Bonchev–Trinajstić information content (AvgIpc) is 3.40. The zero-order chi connectivity index (χ0) is 17.3. The molecular formula is C18H18FN3O2. The van der Waals surface area contributed by atoms with Gasteiger partial charge in [-0.3, -0.25) is 9.59 Å². The van der Waals surface area contributed by atoms with Crippen molar-refractivity contribution in [2.75, 3.05) is 7.05 Å². The van der Waals surface area contributed by atoms with Crippen LogP contribution in [0.3, 0.4) is 0 Å². The van der Waals surface area contributed by atoms with Crippen LogP contribution >= 0.6 is 0 Å². The van der Waals surface area contributed by atoms with Crippen molar-refractivity contribution in [1.29, 1.82) is 0 Å². The lowest BCUT2D eigenvalue weighted by Crippen LogP contribution is -2.25. The molecule has 1 aromatic carbocycles. The van der Waals surface area contributed by atoms with E-state index in [1.807, 2.05) is 0 Å². The second-order valence-electron chi connectivity index (χ2n) is 5.91. The molecule has 6 heteroatoms. The van der Waals surface area contributed by atoms with E-state index in [0.717, 1.165) is 12.8 Å². The summed E-state index contributed by atoms with van der Waals surface area (Å²) in [4.78, 5) is 28.5. The van der Waals surface area contributed by atoms with Crippen molar-refractivity contribution in [2.45, 2.75) is 25.2 Å². The molecule has 1 aliphatic carbocycles. The highest BCUT2D eigenvalue weighted by atomic mass is 19.1. The standard InChI is InChI=1S/C18H18FN3O2/c1-21-18(24)16-15(10-6-7-10)13(17(20)23)9-12(22-16)8-11-4-2-3-5-14(11)19/h2-5,9-10H,6-8H2,1H3,(H2,20,23)(H,21,24). The lowest BCUT2D eigenvalue weighted by molar-refractivity contribution is 0.0957. The molecule has 5 nitrogen and oxygen atoms in total. The van der Waals surface area contributed by atoms with Crippen LogP contribution in [-0.4, -0.2) is 23.8 Å². The first kappa shape index (κ1) is 16.1. The van der Waals surface area contributed by atoms with Gasteiger partial charge in [-0.2, -0.15) is 0 Å². The number of primary amides is 1. The molecule has 2 aromatic rings. The summed E-state index contributed by atoms with van der Waals surface area (Å²) in [5, 5.41) is 2.55. The number of carbonyl (C=O) groups is 2. The zero-order valence-electron chi connectivity index (χ0n) is 13.3. The van der Waals surface area contributed by atoms with Crippen molar-refractivity contribution in [3.05, 3.63) is 64.2 Å². The molecule has 24 heavy (non-hydrogen) atoms. The number of nitrogens with zero attached hydrogens (tertiary/aromatic N) is 1. The average molecular weight is 327 g/mol. The second-order valence-corrected chi connectivity index (χ2v) is 5.91. The van der Waals surface area contributed by atoms with E-state index in [1.165, 1.54) is 13.1 Å². The predicted octanol–water partition coefficient (Wildman–Crippen LogP) is 2.15. The SMILES string of the molecule is CNC(=O)c1nc(Cc2ccccc2F)cc(C(N)=O)c1C1CC1. The predicted molar refractivity (Wildman–Crippen MR) is 87.3 cm³/mol. The van der Waals surface area contributed by atoms with E-state index in [4.69, 9.17) is 5.73 Å². The van der Waals surface area contributed by atoms with Crippen LogP contribution in [0.1, 0.15) is 56.4 Å². The Morgan fingerprint density at radius 1 is 1.33 bits per heavy atom. The quantitative estimate of drug-likeness (QED) is 0.882. The molecule has 3 N–H and O–H groups in total. The maximum atomic E-state index is 13.9. The normalized spacial score (nSPS) is 13.6. The van der Waals surface area contributed by atoms with Gasteiger partial charge in [0.1, 0.15) is 11.5 Å². The van der Waals surface area contributed by atoms with Crippen LogP contribution in [0, 0.1) is 5.82 Å². The maximum absolute atomic E-state index is 13.9. The molecule has 1 heterocycles. The van der Waals surface area contributed by atoms with Crippen molar-refractivity contribution < 1.29 is 14.0 Å². The molecule has 0 radical (unpaired) electrons. The first-order valence-electron chi connectivity index (χ1n) is 7.80. The van der Waals surface area contributed by atoms with Gasteiger partial charge in [0.15, 0.2) is 0 Å². The summed E-state index contributed by atoms with van der Waals surface area (Å²) in [5.74, 6) is -1.18. The third kappa shape index (κ3) is 3.13. The lowest BCUT2D eigenvalue weighted by Gasteiger charge is -2.14. The van der Waals surface area contributed by atoms with E-state index in [1.54, 1.807) is 24.3 Å². The molecule has 2 amide bonds. The van der Waals surface area contributed by atoms with E-state index in [9.17, 15) is 14.0 Å². The Balaban J connectivity index is 2.10. The number of pyridine rings is 1. The zero-order valence-corrected chi connectivity index (χ0v) is 13.3. The Labute approximate surface area is 139 Å². The summed E-state index contributed by atoms with van der Waals surface area (Å²) in [6.07, 6.45) is 1.99. The number of benzene rings is 1. The maximum Gasteiger partial charge on any atom is 0.269 e. The number of hydrogen-bond acceptors (Lipinski definition) is 3. The third-order valence-electron chi connectivity index (χ3n) is 4.13. The van der Waals surface area contributed by atoms with Crippen molar-refractivity contribution >= 4 is 11.8 Å². The first-order chi connectivity index (χ1) is 11.5. The van der Waals surface area contributed by atoms with E-state index in [0.29, 0.717) is 22.4 Å². The molecule has 1 saturated carbocycles. The molecule has 0 aliphatic heterocycles. The van der Waals surface area contributed by atoms with Gasteiger partial charge >= 0.3 is 0 Å². The minimum atomic E-state index is -0.598. The van der Waals surface area contributed by atoms with Gasteiger partial charge in [-0.15, -0.1) is 0 Å². The highest BCUT2D eigenvalue weighted by molar-refractivity contribution is 6.01. The molecule has 1 aliphatic rings. The number of amides is 2. The van der Waals surface area contributed by atoms with Crippen molar-refractivity contribution in [3.63, 3.8) is 0 Å². The van der Waals surface area contributed by atoms with Gasteiger partial charge in [0.05, 0.1) is 0 Å². The van der Waals surface area contributed by atoms with Crippen LogP contribution in [-0.2, 0) is 6.42 Å². The fraction of sp³-hybridized carbons (Fsp3) is 0.278. The highest BCUT2D eigenvalue weighted by Gasteiger charge is 2.33. The number of nitrogens with two attached hydrogens (primary N) is 1. The Hall–Kier alpha value is -2.76. The first-order valence-corrected chi connectivity index (χ1v) is 7.80. The molecule has 0 bridgehead atoms. The van der Waals surface area contributed by atoms with Crippen molar-refractivity contribution in [1.82, 2.24) is 10.3 Å². The van der Waals surface area contributed by atoms with E-state index in [2.05, 4.69) is 10.3 Å². The van der Waals surface area contributed by atoms with Crippen LogP contribution in [0.4, 0.5) is 4.39 Å². The number of halogens is 1. The molecule has 0 atom stereocenters. The van der Waals surface area contributed by atoms with Gasteiger partial charge in [-0.05, 0) is 42.0 Å². The van der Waals surface area contributed by atoms with Crippen LogP contribution in [0.2, 0.25) is 0 Å². The molecule has 0 spiro atoms. The molecular weight excluding hydrogens is 309 g/mol. The number of aromatic nitrogens is 1. The Bertz CT molecular complexity index is 816. The van der Waals surface area contributed by atoms with Crippen LogP contribution in [0.15, 0.2) is 30.3 Å². The molecule has 1 fully saturated rings. The van der Waals surface area contributed by atoms with Crippen LogP contribution < -0.4 is 11.1 Å². The Morgan fingerprint density at radius 2 is 2.04 bits per heavy atom. The van der Waals surface area contributed by atoms with Crippen molar-refractivity contribution in [3.8, 4) is 0 Å².